The first kappa shape index (κ1) is 8.31. The fraction of sp³-hybridized carbons (Fsp3) is 0.143. The van der Waals surface area contributed by atoms with Crippen LogP contribution >= 0.6 is 33.2 Å². The quantitative estimate of drug-likeness (QED) is 0.653. The van der Waals surface area contributed by atoms with E-state index in [2.05, 4.69) is 6.26 Å². The maximum atomic E-state index is 5.70. The van der Waals surface area contributed by atoms with Crippen molar-refractivity contribution in [3.8, 4) is 0 Å². The van der Waals surface area contributed by atoms with Crippen LogP contribution in [0.15, 0.2) is 29.2 Å². The lowest BCUT2D eigenvalue weighted by atomic mass is 10.4. The third-order valence-electron chi connectivity index (χ3n) is 0.993. The lowest BCUT2D eigenvalue weighted by Crippen LogP contribution is -1.65. The van der Waals surface area contributed by atoms with Gasteiger partial charge in [-0.05, 0) is 30.5 Å². The standard InChI is InChI=1S/C7H7ClS2/c1-9-10-7-4-2-6(8)3-5-7/h2-5H,1H3. The Labute approximate surface area is 73.7 Å². The van der Waals surface area contributed by atoms with E-state index in [0.717, 1.165) is 5.02 Å². The Kier molecular flexibility index (Phi) is 3.46. The van der Waals surface area contributed by atoms with Crippen LogP contribution in [0.5, 0.6) is 0 Å². The molecule has 1 rings (SSSR count). The minimum Gasteiger partial charge on any atom is -0.0924 e. The van der Waals surface area contributed by atoms with E-state index in [1.165, 1.54) is 4.90 Å². The van der Waals surface area contributed by atoms with Crippen LogP contribution in [0.4, 0.5) is 0 Å². The highest BCUT2D eigenvalue weighted by molar-refractivity contribution is 8.76. The van der Waals surface area contributed by atoms with Crippen LogP contribution < -0.4 is 0 Å². The number of hydrogen-bond acceptors (Lipinski definition) is 2. The largest absolute Gasteiger partial charge is 0.0924 e. The van der Waals surface area contributed by atoms with Crippen LogP contribution in [0, 0.1) is 0 Å². The van der Waals surface area contributed by atoms with Crippen molar-refractivity contribution in [1.29, 1.82) is 0 Å². The summed E-state index contributed by atoms with van der Waals surface area (Å²) in [6, 6.07) is 7.84. The van der Waals surface area contributed by atoms with E-state index in [1.807, 2.05) is 24.3 Å². The molecule has 0 nitrogen and oxygen atoms in total. The molecule has 3 heteroatoms. The molecule has 1 aromatic rings. The maximum absolute atomic E-state index is 5.70. The molecule has 0 unspecified atom stereocenters. The monoisotopic (exact) mass is 190 g/mol. The van der Waals surface area contributed by atoms with Gasteiger partial charge in [-0.1, -0.05) is 33.2 Å². The molecule has 10 heavy (non-hydrogen) atoms. The normalized spacial score (nSPS) is 9.80. The van der Waals surface area contributed by atoms with E-state index < -0.39 is 0 Å². The summed E-state index contributed by atoms with van der Waals surface area (Å²) in [6.45, 7) is 0. The molecule has 0 aliphatic rings. The van der Waals surface area contributed by atoms with Crippen LogP contribution in [0.3, 0.4) is 0 Å². The summed E-state index contributed by atoms with van der Waals surface area (Å²) < 4.78 is 0. The Balaban J connectivity index is 2.69. The fourth-order valence-electron chi connectivity index (χ4n) is 0.586. The molecule has 0 saturated carbocycles. The highest BCUT2D eigenvalue weighted by Gasteiger charge is 1.90. The Morgan fingerprint density at radius 3 is 2.30 bits per heavy atom. The minimum atomic E-state index is 0.797. The Morgan fingerprint density at radius 1 is 1.20 bits per heavy atom. The van der Waals surface area contributed by atoms with Gasteiger partial charge in [-0.25, -0.2) is 0 Å². The molecule has 0 aliphatic heterocycles. The van der Waals surface area contributed by atoms with Gasteiger partial charge < -0.3 is 0 Å². The van der Waals surface area contributed by atoms with Gasteiger partial charge in [0, 0.05) is 9.92 Å². The molecule has 0 bridgehead atoms. The number of rotatable bonds is 2. The number of hydrogen-bond donors (Lipinski definition) is 0. The van der Waals surface area contributed by atoms with E-state index in [0.29, 0.717) is 0 Å². The molecule has 0 aromatic heterocycles. The van der Waals surface area contributed by atoms with Crippen LogP contribution in [0.25, 0.3) is 0 Å². The van der Waals surface area contributed by atoms with E-state index >= 15 is 0 Å². The molecule has 0 heterocycles. The van der Waals surface area contributed by atoms with Gasteiger partial charge in [0.25, 0.3) is 0 Å². The van der Waals surface area contributed by atoms with Crippen LogP contribution in [-0.4, -0.2) is 6.26 Å². The predicted octanol–water partition coefficient (Wildman–Crippen LogP) is 3.71. The molecule has 0 amide bonds. The summed E-state index contributed by atoms with van der Waals surface area (Å²) in [6.07, 6.45) is 2.05. The summed E-state index contributed by atoms with van der Waals surface area (Å²) in [4.78, 5) is 1.25. The van der Waals surface area contributed by atoms with Gasteiger partial charge in [-0.15, -0.1) is 0 Å². The lowest BCUT2D eigenvalue weighted by Gasteiger charge is -1.95. The van der Waals surface area contributed by atoms with Crippen molar-refractivity contribution in [3.63, 3.8) is 0 Å². The summed E-state index contributed by atoms with van der Waals surface area (Å²) in [7, 11) is 3.48. The Bertz CT molecular complexity index is 195. The van der Waals surface area contributed by atoms with E-state index in [1.54, 1.807) is 21.6 Å². The highest BCUT2D eigenvalue weighted by atomic mass is 35.5. The van der Waals surface area contributed by atoms with Gasteiger partial charge in [-0.3, -0.25) is 0 Å². The van der Waals surface area contributed by atoms with Gasteiger partial charge >= 0.3 is 0 Å². The molecule has 0 spiro atoms. The summed E-state index contributed by atoms with van der Waals surface area (Å²) in [5.41, 5.74) is 0. The van der Waals surface area contributed by atoms with E-state index in [9.17, 15) is 0 Å². The molecule has 0 radical (unpaired) electrons. The molecule has 0 atom stereocenters. The van der Waals surface area contributed by atoms with E-state index in [4.69, 9.17) is 11.6 Å². The number of halogens is 1. The van der Waals surface area contributed by atoms with Crippen molar-refractivity contribution in [3.05, 3.63) is 29.3 Å². The second-order valence-corrected chi connectivity index (χ2v) is 4.61. The van der Waals surface area contributed by atoms with Crippen molar-refractivity contribution in [2.24, 2.45) is 0 Å². The zero-order valence-electron chi connectivity index (χ0n) is 5.50. The molecule has 54 valence electrons. The minimum absolute atomic E-state index is 0.797. The van der Waals surface area contributed by atoms with Gasteiger partial charge in [0.15, 0.2) is 0 Å². The second-order valence-electron chi connectivity index (χ2n) is 1.70. The van der Waals surface area contributed by atoms with Gasteiger partial charge in [0.1, 0.15) is 0 Å². The Hall–Kier alpha value is 0.210. The molecule has 1 aromatic carbocycles. The molecule has 0 N–H and O–H groups in total. The molecule has 0 aliphatic carbocycles. The smallest absolute Gasteiger partial charge is 0.0406 e. The predicted molar refractivity (Wildman–Crippen MR) is 50.8 cm³/mol. The van der Waals surface area contributed by atoms with Crippen molar-refractivity contribution in [1.82, 2.24) is 0 Å². The summed E-state index contributed by atoms with van der Waals surface area (Å²) in [5.74, 6) is 0. The first-order valence-corrected chi connectivity index (χ1v) is 5.73. The first-order valence-electron chi connectivity index (χ1n) is 2.79. The van der Waals surface area contributed by atoms with Crippen molar-refractivity contribution in [2.75, 3.05) is 6.26 Å². The third kappa shape index (κ3) is 2.45. The van der Waals surface area contributed by atoms with E-state index in [-0.39, 0.29) is 0 Å². The van der Waals surface area contributed by atoms with Gasteiger partial charge in [-0.2, -0.15) is 0 Å². The van der Waals surface area contributed by atoms with Crippen molar-refractivity contribution in [2.45, 2.75) is 4.90 Å². The SMILES string of the molecule is CSSc1ccc(Cl)cc1. The highest BCUT2D eigenvalue weighted by Crippen LogP contribution is 2.28. The summed E-state index contributed by atoms with van der Waals surface area (Å²) >= 11 is 5.70. The Morgan fingerprint density at radius 2 is 1.80 bits per heavy atom. The average molecular weight is 191 g/mol. The molecule has 0 fully saturated rings. The maximum Gasteiger partial charge on any atom is 0.0406 e. The topological polar surface area (TPSA) is 0 Å². The fourth-order valence-corrected chi connectivity index (χ4v) is 2.06. The molecule has 0 saturated heterocycles. The van der Waals surface area contributed by atoms with Crippen LogP contribution in [0.2, 0.25) is 5.02 Å². The second kappa shape index (κ2) is 4.16. The first-order chi connectivity index (χ1) is 4.83. The van der Waals surface area contributed by atoms with Gasteiger partial charge in [0.05, 0.1) is 0 Å². The van der Waals surface area contributed by atoms with Crippen LogP contribution in [-0.2, 0) is 0 Å². The van der Waals surface area contributed by atoms with Crippen molar-refractivity contribution < 1.29 is 0 Å². The summed E-state index contributed by atoms with van der Waals surface area (Å²) in [5, 5.41) is 0.797. The lowest BCUT2D eigenvalue weighted by molar-refractivity contribution is 1.48. The average Bonchev–Trinajstić information content (AvgIpc) is 1.95. The van der Waals surface area contributed by atoms with Crippen molar-refractivity contribution >= 4 is 33.2 Å². The molecular formula is C7H7ClS2. The van der Waals surface area contributed by atoms with Crippen LogP contribution in [0.1, 0.15) is 0 Å². The third-order valence-corrected chi connectivity index (χ3v) is 2.95. The molecular weight excluding hydrogens is 184 g/mol. The number of benzene rings is 1. The zero-order valence-corrected chi connectivity index (χ0v) is 7.89. The van der Waals surface area contributed by atoms with Gasteiger partial charge in [0.2, 0.25) is 0 Å². The zero-order chi connectivity index (χ0) is 7.40.